The number of nitrogens with one attached hydrogen (secondary N) is 3. The molecular weight excluding hydrogens is 437 g/mol. The van der Waals surface area contributed by atoms with Crippen LogP contribution in [0.1, 0.15) is 51.9 Å². The molecule has 2 heterocycles. The van der Waals surface area contributed by atoms with Crippen LogP contribution >= 0.6 is 0 Å². The summed E-state index contributed by atoms with van der Waals surface area (Å²) in [7, 11) is 1.43. The van der Waals surface area contributed by atoms with Crippen LogP contribution in [0.2, 0.25) is 0 Å². The van der Waals surface area contributed by atoms with Crippen molar-refractivity contribution in [2.24, 2.45) is 5.92 Å². The number of carbonyl (C=O) groups excluding carboxylic acids is 1. The number of amides is 1. The molecule has 0 bridgehead atoms. The van der Waals surface area contributed by atoms with Crippen molar-refractivity contribution < 1.29 is 13.9 Å². The lowest BCUT2D eigenvalue weighted by Gasteiger charge is -2.24. The number of hydrogen-bond donors (Lipinski definition) is 3. The Labute approximate surface area is 199 Å². The van der Waals surface area contributed by atoms with E-state index in [9.17, 15) is 9.18 Å². The summed E-state index contributed by atoms with van der Waals surface area (Å²) in [5.74, 6) is 1.58. The van der Waals surface area contributed by atoms with Crippen LogP contribution in [0, 0.1) is 11.7 Å². The van der Waals surface area contributed by atoms with Gasteiger partial charge in [-0.2, -0.15) is 15.0 Å². The number of methoxy groups -OCH3 is 1. The molecule has 1 amide bonds. The van der Waals surface area contributed by atoms with Gasteiger partial charge in [-0.15, -0.1) is 0 Å². The Morgan fingerprint density at radius 1 is 1.03 bits per heavy atom. The first kappa shape index (κ1) is 24.0. The van der Waals surface area contributed by atoms with Crippen molar-refractivity contribution >= 4 is 29.4 Å². The highest BCUT2D eigenvalue weighted by atomic mass is 19.1. The minimum atomic E-state index is -0.471. The quantitative estimate of drug-likeness (QED) is 0.500. The highest BCUT2D eigenvalue weighted by molar-refractivity contribution is 5.74. The minimum absolute atomic E-state index is 0.0821. The molecule has 1 aliphatic carbocycles. The average molecular weight is 472 g/mol. The van der Waals surface area contributed by atoms with E-state index >= 15 is 0 Å². The summed E-state index contributed by atoms with van der Waals surface area (Å²) in [5.41, 5.74) is 0.507. The predicted octanol–water partition coefficient (Wildman–Crippen LogP) is 4.18. The van der Waals surface area contributed by atoms with E-state index in [0.29, 0.717) is 36.0 Å². The lowest BCUT2D eigenvalue weighted by molar-refractivity contribution is -0.129. The van der Waals surface area contributed by atoms with Crippen LogP contribution < -0.4 is 20.7 Å². The Hall–Kier alpha value is -3.17. The lowest BCUT2D eigenvalue weighted by atomic mass is 9.89. The maximum absolute atomic E-state index is 14.2. The maximum atomic E-state index is 14.2. The molecule has 1 saturated heterocycles. The van der Waals surface area contributed by atoms with Gasteiger partial charge in [0.25, 0.3) is 0 Å². The summed E-state index contributed by atoms with van der Waals surface area (Å²) < 4.78 is 19.2. The van der Waals surface area contributed by atoms with Gasteiger partial charge in [0.15, 0.2) is 11.6 Å². The van der Waals surface area contributed by atoms with E-state index in [-0.39, 0.29) is 17.7 Å². The monoisotopic (exact) mass is 471 g/mol. The van der Waals surface area contributed by atoms with Crippen molar-refractivity contribution in [2.75, 3.05) is 42.7 Å². The van der Waals surface area contributed by atoms with Crippen LogP contribution in [0.15, 0.2) is 18.2 Å². The van der Waals surface area contributed by atoms with E-state index in [1.165, 1.54) is 45.3 Å². The topological polar surface area (TPSA) is 104 Å². The molecule has 2 aromatic rings. The van der Waals surface area contributed by atoms with Gasteiger partial charge in [-0.1, -0.05) is 19.3 Å². The van der Waals surface area contributed by atoms with Gasteiger partial charge in [-0.25, -0.2) is 4.39 Å². The normalized spacial score (nSPS) is 18.6. The molecule has 9 nitrogen and oxygen atoms in total. The average Bonchev–Trinajstić information content (AvgIpc) is 3.31. The number of ether oxygens (including phenoxy) is 1. The van der Waals surface area contributed by atoms with E-state index in [2.05, 4.69) is 30.9 Å². The van der Waals surface area contributed by atoms with E-state index in [1.807, 2.05) is 4.90 Å². The van der Waals surface area contributed by atoms with Crippen LogP contribution in [0.3, 0.4) is 0 Å². The molecule has 0 spiro atoms. The molecule has 1 aromatic heterocycles. The molecule has 10 heteroatoms. The smallest absolute Gasteiger partial charge is 0.233 e. The third kappa shape index (κ3) is 6.24. The maximum Gasteiger partial charge on any atom is 0.233 e. The van der Waals surface area contributed by atoms with Crippen molar-refractivity contribution in [3.8, 4) is 5.75 Å². The molecule has 3 N–H and O–H groups in total. The van der Waals surface area contributed by atoms with Gasteiger partial charge < -0.3 is 25.6 Å². The molecule has 1 aromatic carbocycles. The number of likely N-dealkylation sites (tertiary alicyclic amines) is 1. The zero-order valence-electron chi connectivity index (χ0n) is 19.9. The second kappa shape index (κ2) is 11.3. The van der Waals surface area contributed by atoms with Crippen LogP contribution in [-0.4, -0.2) is 58.5 Å². The van der Waals surface area contributed by atoms with Crippen molar-refractivity contribution in [2.45, 2.75) is 57.9 Å². The van der Waals surface area contributed by atoms with Crippen molar-refractivity contribution in [1.82, 2.24) is 19.9 Å². The fraction of sp³-hybridized carbons (Fsp3) is 0.583. The van der Waals surface area contributed by atoms with Gasteiger partial charge in [0.05, 0.1) is 7.11 Å². The van der Waals surface area contributed by atoms with Gasteiger partial charge in [0, 0.05) is 44.4 Å². The number of hydrogen-bond acceptors (Lipinski definition) is 8. The third-order valence-corrected chi connectivity index (χ3v) is 6.59. The number of halogens is 1. The highest BCUT2D eigenvalue weighted by Gasteiger charge is 2.26. The second-order valence-corrected chi connectivity index (χ2v) is 9.05. The summed E-state index contributed by atoms with van der Waals surface area (Å²) >= 11 is 0. The van der Waals surface area contributed by atoms with Crippen LogP contribution in [0.25, 0.3) is 0 Å². The summed E-state index contributed by atoms with van der Waals surface area (Å²) in [6.07, 6.45) is 8.19. The summed E-state index contributed by atoms with van der Waals surface area (Å²) in [6, 6.07) is 4.71. The number of carbonyl (C=O) groups is 1. The van der Waals surface area contributed by atoms with Gasteiger partial charge in [0.1, 0.15) is 0 Å². The number of benzene rings is 1. The standard InChI is InChI=1S/C24H34FN7O2/c1-16(33)32-12-6-9-19(32)15-27-23-29-22(26-14-17-7-4-3-5-8-17)30-24(31-23)28-18-10-11-21(34-2)20(25)13-18/h10-11,13,17,19H,3-9,12,14-15H2,1-2H3,(H3,26,27,28,29,30,31). The van der Waals surface area contributed by atoms with Gasteiger partial charge in [0.2, 0.25) is 23.8 Å². The second-order valence-electron chi connectivity index (χ2n) is 9.05. The lowest BCUT2D eigenvalue weighted by Crippen LogP contribution is -2.38. The van der Waals surface area contributed by atoms with Crippen LogP contribution in [0.5, 0.6) is 5.75 Å². The first-order chi connectivity index (χ1) is 16.5. The van der Waals surface area contributed by atoms with Gasteiger partial charge in [-0.05, 0) is 43.7 Å². The van der Waals surface area contributed by atoms with E-state index in [4.69, 9.17) is 4.74 Å². The molecule has 4 rings (SSSR count). The molecule has 2 fully saturated rings. The third-order valence-electron chi connectivity index (χ3n) is 6.59. The summed E-state index contributed by atoms with van der Waals surface area (Å²) in [6.45, 7) is 3.75. The van der Waals surface area contributed by atoms with Gasteiger partial charge in [-0.3, -0.25) is 4.79 Å². The number of nitrogens with zero attached hydrogens (tertiary/aromatic N) is 4. The van der Waals surface area contributed by atoms with Crippen molar-refractivity contribution in [1.29, 1.82) is 0 Å². The first-order valence-electron chi connectivity index (χ1n) is 12.1. The molecule has 1 unspecified atom stereocenters. The fourth-order valence-electron chi connectivity index (χ4n) is 4.76. The fourth-order valence-corrected chi connectivity index (χ4v) is 4.76. The number of anilines is 4. The van der Waals surface area contributed by atoms with Crippen molar-refractivity contribution in [3.63, 3.8) is 0 Å². The van der Waals surface area contributed by atoms with Crippen LogP contribution in [0.4, 0.5) is 27.9 Å². The molecule has 1 atom stereocenters. The Kier molecular flexibility index (Phi) is 7.97. The Morgan fingerprint density at radius 3 is 2.41 bits per heavy atom. The Bertz CT molecular complexity index is 984. The van der Waals surface area contributed by atoms with Crippen LogP contribution in [-0.2, 0) is 4.79 Å². The zero-order chi connectivity index (χ0) is 23.9. The summed E-state index contributed by atoms with van der Waals surface area (Å²) in [4.78, 5) is 27.3. The Balaban J connectivity index is 1.49. The largest absolute Gasteiger partial charge is 0.494 e. The predicted molar refractivity (Wildman–Crippen MR) is 130 cm³/mol. The molecule has 1 aliphatic heterocycles. The minimum Gasteiger partial charge on any atom is -0.494 e. The molecule has 184 valence electrons. The molecule has 2 aliphatic rings. The van der Waals surface area contributed by atoms with E-state index < -0.39 is 5.82 Å². The van der Waals surface area contributed by atoms with E-state index in [0.717, 1.165) is 25.9 Å². The SMILES string of the molecule is COc1ccc(Nc2nc(NCC3CCCCC3)nc(NCC3CCCN3C(C)=O)n2)cc1F. The Morgan fingerprint density at radius 2 is 1.74 bits per heavy atom. The number of rotatable bonds is 9. The molecule has 1 saturated carbocycles. The zero-order valence-corrected chi connectivity index (χ0v) is 19.9. The van der Waals surface area contributed by atoms with E-state index in [1.54, 1.807) is 19.1 Å². The summed E-state index contributed by atoms with van der Waals surface area (Å²) in [5, 5.41) is 9.71. The first-order valence-corrected chi connectivity index (χ1v) is 12.1. The highest BCUT2D eigenvalue weighted by Crippen LogP contribution is 2.25. The van der Waals surface area contributed by atoms with Crippen molar-refractivity contribution in [3.05, 3.63) is 24.0 Å². The van der Waals surface area contributed by atoms with Gasteiger partial charge >= 0.3 is 0 Å². The molecule has 34 heavy (non-hydrogen) atoms. The number of aromatic nitrogens is 3. The molecule has 0 radical (unpaired) electrons. The molecular formula is C24H34FN7O2.